The molecule has 0 heterocycles. The maximum absolute atomic E-state index is 12.0. The van der Waals surface area contributed by atoms with Crippen LogP contribution in [0.3, 0.4) is 0 Å². The zero-order valence-corrected chi connectivity index (χ0v) is 13.1. The van der Waals surface area contributed by atoms with E-state index in [-0.39, 0.29) is 6.54 Å². The van der Waals surface area contributed by atoms with Crippen molar-refractivity contribution in [3.63, 3.8) is 0 Å². The van der Waals surface area contributed by atoms with Gasteiger partial charge in [0.2, 0.25) is 0 Å². The highest BCUT2D eigenvalue weighted by atomic mass is 35.5. The minimum Gasteiger partial charge on any atom is -0.388 e. The van der Waals surface area contributed by atoms with Gasteiger partial charge in [-0.3, -0.25) is 4.79 Å². The molecule has 1 saturated carbocycles. The molecule has 1 aliphatic carbocycles. The summed E-state index contributed by atoms with van der Waals surface area (Å²) in [5.41, 5.74) is -0.528. The number of hydrogen-bond donors (Lipinski definition) is 3. The molecule has 1 unspecified atom stereocenters. The van der Waals surface area contributed by atoms with Gasteiger partial charge < -0.3 is 15.5 Å². The summed E-state index contributed by atoms with van der Waals surface area (Å²) in [5, 5.41) is 23.7. The molecule has 0 spiro atoms. The molecule has 6 heteroatoms. The quantitative estimate of drug-likeness (QED) is 0.794. The van der Waals surface area contributed by atoms with Crippen molar-refractivity contribution in [3.8, 4) is 0 Å². The van der Waals surface area contributed by atoms with Crippen molar-refractivity contribution in [1.29, 1.82) is 0 Å². The molecule has 0 radical (unpaired) electrons. The number of aliphatic hydroxyl groups is 2. The van der Waals surface area contributed by atoms with Gasteiger partial charge in [0.25, 0.3) is 5.91 Å². The van der Waals surface area contributed by atoms with Crippen LogP contribution in [0, 0.1) is 0 Å². The van der Waals surface area contributed by atoms with E-state index in [0.29, 0.717) is 28.5 Å². The summed E-state index contributed by atoms with van der Waals surface area (Å²) < 4.78 is 0. The van der Waals surface area contributed by atoms with Gasteiger partial charge in [0, 0.05) is 16.6 Å². The molecule has 0 bridgehead atoms. The predicted octanol–water partition coefficient (Wildman–Crippen LogP) is 2.84. The number of benzene rings is 1. The van der Waals surface area contributed by atoms with Gasteiger partial charge in [-0.15, -0.1) is 0 Å². The Morgan fingerprint density at radius 1 is 1.19 bits per heavy atom. The third-order valence-electron chi connectivity index (χ3n) is 3.82. The SMILES string of the molecule is O=C(NCC1(O)CCCCC1)C(O)c1cc(Cl)cc(Cl)c1. The van der Waals surface area contributed by atoms with E-state index >= 15 is 0 Å². The number of rotatable bonds is 4. The average molecular weight is 332 g/mol. The maximum Gasteiger partial charge on any atom is 0.253 e. The van der Waals surface area contributed by atoms with Gasteiger partial charge >= 0.3 is 0 Å². The molecular formula is C15H19Cl2NO3. The van der Waals surface area contributed by atoms with Crippen molar-refractivity contribution in [2.45, 2.75) is 43.8 Å². The predicted molar refractivity (Wildman–Crippen MR) is 82.5 cm³/mol. The fraction of sp³-hybridized carbons (Fsp3) is 0.533. The Kier molecular flexibility index (Phi) is 5.49. The Morgan fingerprint density at radius 3 is 2.33 bits per heavy atom. The smallest absolute Gasteiger partial charge is 0.253 e. The Hall–Kier alpha value is -0.810. The van der Waals surface area contributed by atoms with Crippen LogP contribution in [0.15, 0.2) is 18.2 Å². The van der Waals surface area contributed by atoms with Crippen molar-refractivity contribution < 1.29 is 15.0 Å². The van der Waals surface area contributed by atoms with Gasteiger partial charge in [0.05, 0.1) is 5.60 Å². The summed E-state index contributed by atoms with van der Waals surface area (Å²) in [6.45, 7) is 0.150. The van der Waals surface area contributed by atoms with Crippen molar-refractivity contribution in [2.24, 2.45) is 0 Å². The van der Waals surface area contributed by atoms with E-state index in [2.05, 4.69) is 5.32 Å². The monoisotopic (exact) mass is 331 g/mol. The Balaban J connectivity index is 1.96. The summed E-state index contributed by atoms with van der Waals surface area (Å²) in [5.74, 6) is -0.563. The van der Waals surface area contributed by atoms with Crippen molar-refractivity contribution in [1.82, 2.24) is 5.32 Å². The third kappa shape index (κ3) is 4.58. The molecule has 4 nitrogen and oxygen atoms in total. The normalized spacial score (nSPS) is 19.0. The number of carbonyl (C=O) groups excluding carboxylic acids is 1. The van der Waals surface area contributed by atoms with Crippen molar-refractivity contribution >= 4 is 29.1 Å². The molecule has 1 aliphatic rings. The molecule has 3 N–H and O–H groups in total. The van der Waals surface area contributed by atoms with E-state index < -0.39 is 17.6 Å². The molecular weight excluding hydrogens is 313 g/mol. The van der Waals surface area contributed by atoms with Crippen LogP contribution < -0.4 is 5.32 Å². The van der Waals surface area contributed by atoms with Gasteiger partial charge in [0.15, 0.2) is 6.10 Å². The zero-order chi connectivity index (χ0) is 15.5. The van der Waals surface area contributed by atoms with Gasteiger partial charge in [-0.05, 0) is 36.6 Å². The lowest BCUT2D eigenvalue weighted by Gasteiger charge is -2.32. The fourth-order valence-electron chi connectivity index (χ4n) is 2.62. The number of amides is 1. The van der Waals surface area contributed by atoms with Crippen LogP contribution in [0.2, 0.25) is 10.0 Å². The Bertz CT molecular complexity index is 495. The van der Waals surface area contributed by atoms with Crippen molar-refractivity contribution in [2.75, 3.05) is 6.54 Å². The van der Waals surface area contributed by atoms with Gasteiger partial charge in [-0.2, -0.15) is 0 Å². The van der Waals surface area contributed by atoms with Gasteiger partial charge in [0.1, 0.15) is 0 Å². The van der Waals surface area contributed by atoms with Crippen molar-refractivity contribution in [3.05, 3.63) is 33.8 Å². The molecule has 0 aromatic heterocycles. The van der Waals surface area contributed by atoms with Crippen LogP contribution in [0.4, 0.5) is 0 Å². The highest BCUT2D eigenvalue weighted by molar-refractivity contribution is 6.34. The minimum atomic E-state index is -1.35. The summed E-state index contributed by atoms with van der Waals surface area (Å²) in [4.78, 5) is 12.0. The van der Waals surface area contributed by atoms with Gasteiger partial charge in [-0.1, -0.05) is 42.5 Å². The van der Waals surface area contributed by atoms with Crippen LogP contribution >= 0.6 is 23.2 Å². The van der Waals surface area contributed by atoms with Crippen LogP contribution in [0.1, 0.15) is 43.8 Å². The fourth-order valence-corrected chi connectivity index (χ4v) is 3.16. The largest absolute Gasteiger partial charge is 0.388 e. The second kappa shape index (κ2) is 6.97. The summed E-state index contributed by atoms with van der Waals surface area (Å²) >= 11 is 11.7. The first kappa shape index (κ1) is 16.6. The van der Waals surface area contributed by atoms with Crippen LogP contribution in [-0.4, -0.2) is 28.3 Å². The standard InChI is InChI=1S/C15H19Cl2NO3/c16-11-6-10(7-12(17)8-11)13(19)14(20)18-9-15(21)4-2-1-3-5-15/h6-8,13,19,21H,1-5,9H2,(H,18,20). The summed E-state index contributed by atoms with van der Waals surface area (Å²) in [7, 11) is 0. The number of hydrogen-bond acceptors (Lipinski definition) is 3. The topological polar surface area (TPSA) is 69.6 Å². The maximum atomic E-state index is 12.0. The Morgan fingerprint density at radius 2 is 1.76 bits per heavy atom. The number of carbonyl (C=O) groups is 1. The van der Waals surface area contributed by atoms with Gasteiger partial charge in [-0.25, -0.2) is 0 Å². The molecule has 0 saturated heterocycles. The first-order valence-electron chi connectivity index (χ1n) is 7.04. The summed E-state index contributed by atoms with van der Waals surface area (Å²) in [6.07, 6.45) is 3.02. The van der Waals surface area contributed by atoms with E-state index in [1.165, 1.54) is 18.2 Å². The molecule has 1 amide bonds. The lowest BCUT2D eigenvalue weighted by Crippen LogP contribution is -2.45. The lowest BCUT2D eigenvalue weighted by molar-refractivity contribution is -0.131. The second-order valence-electron chi connectivity index (χ2n) is 5.61. The first-order valence-corrected chi connectivity index (χ1v) is 7.79. The van der Waals surface area contributed by atoms with E-state index in [4.69, 9.17) is 23.2 Å². The molecule has 1 aromatic rings. The minimum absolute atomic E-state index is 0.150. The van der Waals surface area contributed by atoms with E-state index in [1.807, 2.05) is 0 Å². The number of nitrogens with one attached hydrogen (secondary N) is 1. The average Bonchev–Trinajstić information content (AvgIpc) is 2.44. The molecule has 2 rings (SSSR count). The zero-order valence-electron chi connectivity index (χ0n) is 11.6. The Labute approximate surface area is 134 Å². The third-order valence-corrected chi connectivity index (χ3v) is 4.26. The molecule has 116 valence electrons. The number of halogens is 2. The van der Waals surface area contributed by atoms with Crippen LogP contribution in [0.25, 0.3) is 0 Å². The first-order chi connectivity index (χ1) is 9.89. The molecule has 1 atom stereocenters. The molecule has 21 heavy (non-hydrogen) atoms. The molecule has 1 fully saturated rings. The van der Waals surface area contributed by atoms with E-state index in [1.54, 1.807) is 0 Å². The molecule has 0 aliphatic heterocycles. The van der Waals surface area contributed by atoms with E-state index in [9.17, 15) is 15.0 Å². The number of aliphatic hydroxyl groups excluding tert-OH is 1. The molecule has 1 aromatic carbocycles. The lowest BCUT2D eigenvalue weighted by atomic mass is 9.85. The summed E-state index contributed by atoms with van der Waals surface area (Å²) in [6, 6.07) is 4.52. The van der Waals surface area contributed by atoms with E-state index in [0.717, 1.165) is 19.3 Å². The highest BCUT2D eigenvalue weighted by Gasteiger charge is 2.30. The van der Waals surface area contributed by atoms with Crippen LogP contribution in [-0.2, 0) is 4.79 Å². The highest BCUT2D eigenvalue weighted by Crippen LogP contribution is 2.28. The second-order valence-corrected chi connectivity index (χ2v) is 6.48. The van der Waals surface area contributed by atoms with Crippen LogP contribution in [0.5, 0.6) is 0 Å².